The lowest BCUT2D eigenvalue weighted by atomic mass is 10.2. The fraction of sp³-hybridized carbons (Fsp3) is 0.182. The SMILES string of the molecule is CNc1c(C(=O)OC)sc2ccccc12. The maximum absolute atomic E-state index is 11.5. The normalized spacial score (nSPS) is 10.3. The van der Waals surface area contributed by atoms with Gasteiger partial charge in [0.2, 0.25) is 0 Å². The number of nitrogens with one attached hydrogen (secondary N) is 1. The maximum atomic E-state index is 11.5. The van der Waals surface area contributed by atoms with Gasteiger partial charge in [0.25, 0.3) is 0 Å². The molecule has 1 N–H and O–H groups in total. The first kappa shape index (κ1) is 9.98. The van der Waals surface area contributed by atoms with Crippen LogP contribution in [0.15, 0.2) is 24.3 Å². The first-order chi connectivity index (χ1) is 7.27. The minimum Gasteiger partial charge on any atom is -0.465 e. The molecule has 0 saturated carbocycles. The van der Waals surface area contributed by atoms with Crippen LogP contribution in [-0.4, -0.2) is 20.1 Å². The molecule has 0 aliphatic rings. The quantitative estimate of drug-likeness (QED) is 0.792. The number of benzene rings is 1. The van der Waals surface area contributed by atoms with Crippen LogP contribution in [0.25, 0.3) is 10.1 Å². The molecule has 15 heavy (non-hydrogen) atoms. The van der Waals surface area contributed by atoms with Crippen molar-refractivity contribution in [3.8, 4) is 0 Å². The van der Waals surface area contributed by atoms with Gasteiger partial charge in [0, 0.05) is 17.1 Å². The molecule has 0 aliphatic heterocycles. The number of rotatable bonds is 2. The Morgan fingerprint density at radius 3 is 2.80 bits per heavy atom. The Bertz CT molecular complexity index is 504. The number of hydrogen-bond acceptors (Lipinski definition) is 4. The summed E-state index contributed by atoms with van der Waals surface area (Å²) in [6.07, 6.45) is 0. The van der Waals surface area contributed by atoms with Crippen molar-refractivity contribution in [2.24, 2.45) is 0 Å². The van der Waals surface area contributed by atoms with Crippen LogP contribution in [0.5, 0.6) is 0 Å². The van der Waals surface area contributed by atoms with Crippen molar-refractivity contribution in [2.75, 3.05) is 19.5 Å². The van der Waals surface area contributed by atoms with E-state index in [1.165, 1.54) is 18.4 Å². The number of fused-ring (bicyclic) bond motifs is 1. The minimum absolute atomic E-state index is 0.291. The van der Waals surface area contributed by atoms with Crippen LogP contribution in [-0.2, 0) is 4.74 Å². The summed E-state index contributed by atoms with van der Waals surface area (Å²) < 4.78 is 5.83. The lowest BCUT2D eigenvalue weighted by Gasteiger charge is -2.01. The van der Waals surface area contributed by atoms with Gasteiger partial charge in [-0.05, 0) is 6.07 Å². The smallest absolute Gasteiger partial charge is 0.350 e. The molecular weight excluding hydrogens is 210 g/mol. The van der Waals surface area contributed by atoms with E-state index < -0.39 is 0 Å². The molecule has 0 spiro atoms. The second-order valence-corrected chi connectivity index (χ2v) is 4.10. The molecule has 1 heterocycles. The number of hydrogen-bond donors (Lipinski definition) is 1. The van der Waals surface area contributed by atoms with Crippen LogP contribution in [0.2, 0.25) is 0 Å². The van der Waals surface area contributed by atoms with Crippen molar-refractivity contribution >= 4 is 33.1 Å². The second kappa shape index (κ2) is 3.90. The number of ether oxygens (including phenoxy) is 1. The zero-order valence-corrected chi connectivity index (χ0v) is 9.35. The van der Waals surface area contributed by atoms with Crippen LogP contribution in [0.4, 0.5) is 5.69 Å². The second-order valence-electron chi connectivity index (χ2n) is 3.04. The third-order valence-corrected chi connectivity index (χ3v) is 3.37. The summed E-state index contributed by atoms with van der Waals surface area (Å²) in [5, 5.41) is 4.10. The highest BCUT2D eigenvalue weighted by Crippen LogP contribution is 2.35. The number of carbonyl (C=O) groups is 1. The molecule has 0 aliphatic carbocycles. The predicted octanol–water partition coefficient (Wildman–Crippen LogP) is 2.73. The van der Waals surface area contributed by atoms with E-state index in [0.717, 1.165) is 15.8 Å². The Morgan fingerprint density at radius 2 is 2.13 bits per heavy atom. The van der Waals surface area contributed by atoms with Crippen molar-refractivity contribution in [3.05, 3.63) is 29.1 Å². The van der Waals surface area contributed by atoms with Gasteiger partial charge in [-0.2, -0.15) is 0 Å². The first-order valence-electron chi connectivity index (χ1n) is 4.55. The molecule has 2 aromatic rings. The van der Waals surface area contributed by atoms with Gasteiger partial charge in [0.1, 0.15) is 4.88 Å². The van der Waals surface area contributed by atoms with Gasteiger partial charge in [-0.25, -0.2) is 4.79 Å². The van der Waals surface area contributed by atoms with Gasteiger partial charge >= 0.3 is 5.97 Å². The molecule has 78 valence electrons. The summed E-state index contributed by atoms with van der Waals surface area (Å²) in [6.45, 7) is 0. The number of anilines is 1. The highest BCUT2D eigenvalue weighted by molar-refractivity contribution is 7.21. The van der Waals surface area contributed by atoms with Crippen molar-refractivity contribution < 1.29 is 9.53 Å². The van der Waals surface area contributed by atoms with E-state index in [2.05, 4.69) is 5.32 Å². The van der Waals surface area contributed by atoms with Crippen molar-refractivity contribution in [3.63, 3.8) is 0 Å². The number of methoxy groups -OCH3 is 1. The summed E-state index contributed by atoms with van der Waals surface area (Å²) in [4.78, 5) is 12.1. The highest BCUT2D eigenvalue weighted by atomic mass is 32.1. The molecule has 1 aromatic heterocycles. The summed E-state index contributed by atoms with van der Waals surface area (Å²) in [5.41, 5.74) is 0.849. The zero-order chi connectivity index (χ0) is 10.8. The van der Waals surface area contributed by atoms with E-state index in [-0.39, 0.29) is 5.97 Å². The molecule has 0 atom stereocenters. The Morgan fingerprint density at radius 1 is 1.40 bits per heavy atom. The summed E-state index contributed by atoms with van der Waals surface area (Å²) in [5.74, 6) is -0.291. The molecule has 0 amide bonds. The lowest BCUT2D eigenvalue weighted by Crippen LogP contribution is -2.01. The van der Waals surface area contributed by atoms with Gasteiger partial charge in [0.05, 0.1) is 12.8 Å². The molecule has 0 radical (unpaired) electrons. The Kier molecular flexibility index (Phi) is 2.60. The molecule has 4 heteroatoms. The fourth-order valence-corrected chi connectivity index (χ4v) is 2.66. The lowest BCUT2D eigenvalue weighted by molar-refractivity contribution is 0.0607. The van der Waals surface area contributed by atoms with E-state index in [0.29, 0.717) is 4.88 Å². The zero-order valence-electron chi connectivity index (χ0n) is 8.53. The van der Waals surface area contributed by atoms with Crippen molar-refractivity contribution in [1.29, 1.82) is 0 Å². The van der Waals surface area contributed by atoms with Crippen LogP contribution >= 0.6 is 11.3 Å². The van der Waals surface area contributed by atoms with E-state index in [1.807, 2.05) is 24.3 Å². The Labute approximate surface area is 91.7 Å². The number of esters is 1. The summed E-state index contributed by atoms with van der Waals surface area (Å²) in [6, 6.07) is 7.90. The molecule has 0 unspecified atom stereocenters. The van der Waals surface area contributed by atoms with Crippen molar-refractivity contribution in [1.82, 2.24) is 0 Å². The molecular formula is C11H11NO2S. The molecule has 0 fully saturated rings. The van der Waals surface area contributed by atoms with Crippen molar-refractivity contribution in [2.45, 2.75) is 0 Å². The van der Waals surface area contributed by atoms with Crippen LogP contribution in [0.3, 0.4) is 0 Å². The average molecular weight is 221 g/mol. The maximum Gasteiger partial charge on any atom is 0.350 e. The summed E-state index contributed by atoms with van der Waals surface area (Å²) >= 11 is 1.44. The van der Waals surface area contributed by atoms with Gasteiger partial charge in [-0.15, -0.1) is 11.3 Å². The Hall–Kier alpha value is -1.55. The molecule has 1 aromatic carbocycles. The third-order valence-electron chi connectivity index (χ3n) is 2.22. The van der Waals surface area contributed by atoms with Crippen LogP contribution in [0, 0.1) is 0 Å². The van der Waals surface area contributed by atoms with E-state index in [1.54, 1.807) is 7.05 Å². The highest BCUT2D eigenvalue weighted by Gasteiger charge is 2.17. The monoisotopic (exact) mass is 221 g/mol. The Balaban J connectivity index is 2.69. The summed E-state index contributed by atoms with van der Waals surface area (Å²) in [7, 11) is 3.20. The van der Waals surface area contributed by atoms with E-state index in [4.69, 9.17) is 4.74 Å². The minimum atomic E-state index is -0.291. The average Bonchev–Trinajstić information content (AvgIpc) is 2.66. The van der Waals surface area contributed by atoms with Gasteiger partial charge in [0.15, 0.2) is 0 Å². The largest absolute Gasteiger partial charge is 0.465 e. The van der Waals surface area contributed by atoms with Crippen LogP contribution < -0.4 is 5.32 Å². The number of thiophene rings is 1. The van der Waals surface area contributed by atoms with Crippen LogP contribution in [0.1, 0.15) is 9.67 Å². The molecule has 2 rings (SSSR count). The topological polar surface area (TPSA) is 38.3 Å². The van der Waals surface area contributed by atoms with Gasteiger partial charge < -0.3 is 10.1 Å². The first-order valence-corrected chi connectivity index (χ1v) is 5.37. The third kappa shape index (κ3) is 1.57. The van der Waals surface area contributed by atoms with E-state index in [9.17, 15) is 4.79 Å². The van der Waals surface area contributed by atoms with Gasteiger partial charge in [-0.1, -0.05) is 18.2 Å². The predicted molar refractivity (Wildman–Crippen MR) is 62.7 cm³/mol. The molecule has 3 nitrogen and oxygen atoms in total. The van der Waals surface area contributed by atoms with E-state index >= 15 is 0 Å². The number of carbonyl (C=O) groups excluding carboxylic acids is 1. The molecule has 0 saturated heterocycles. The standard InChI is InChI=1S/C11H11NO2S/c1-12-9-7-5-3-4-6-8(7)15-10(9)11(13)14-2/h3-6,12H,1-2H3. The van der Waals surface area contributed by atoms with Gasteiger partial charge in [-0.3, -0.25) is 0 Å². The molecule has 0 bridgehead atoms. The fourth-order valence-electron chi connectivity index (χ4n) is 1.53.